The maximum absolute atomic E-state index is 12.4. The fourth-order valence-electron chi connectivity index (χ4n) is 2.45. The van der Waals surface area contributed by atoms with Crippen LogP contribution < -0.4 is 10.7 Å². The number of amides is 1. The van der Waals surface area contributed by atoms with E-state index in [1.54, 1.807) is 4.52 Å². The number of pyridine rings is 1. The van der Waals surface area contributed by atoms with E-state index in [1.807, 2.05) is 30.3 Å². The third-order valence-corrected chi connectivity index (χ3v) is 4.65. The van der Waals surface area contributed by atoms with Crippen molar-refractivity contribution in [3.05, 3.63) is 64.1 Å². The lowest BCUT2D eigenvalue weighted by Gasteiger charge is -2.08. The highest BCUT2D eigenvalue weighted by Gasteiger charge is 2.19. The Hall–Kier alpha value is -3.07. The first-order valence-corrected chi connectivity index (χ1v) is 8.80. The third kappa shape index (κ3) is 3.94. The molecule has 3 aromatic rings. The molecule has 0 fully saturated rings. The van der Waals surface area contributed by atoms with Crippen LogP contribution in [0.4, 0.5) is 0 Å². The van der Waals surface area contributed by atoms with Crippen molar-refractivity contribution in [2.75, 3.05) is 12.3 Å². The SMILES string of the molecule is O=C(O)CNC(=O)c1c(=O)cc(SCCc2ccccc2)n2[nH]cnc12. The van der Waals surface area contributed by atoms with Gasteiger partial charge < -0.3 is 10.4 Å². The summed E-state index contributed by atoms with van der Waals surface area (Å²) in [6.45, 7) is -0.567. The largest absolute Gasteiger partial charge is 0.480 e. The molecule has 0 spiro atoms. The number of aromatic amines is 1. The van der Waals surface area contributed by atoms with E-state index in [1.165, 1.54) is 29.7 Å². The lowest BCUT2D eigenvalue weighted by molar-refractivity contribution is -0.135. The zero-order valence-electron chi connectivity index (χ0n) is 13.6. The van der Waals surface area contributed by atoms with Crippen LogP contribution in [0.1, 0.15) is 15.9 Å². The van der Waals surface area contributed by atoms with E-state index in [2.05, 4.69) is 15.4 Å². The van der Waals surface area contributed by atoms with Crippen LogP contribution in [0.3, 0.4) is 0 Å². The number of aliphatic carboxylic acids is 1. The summed E-state index contributed by atoms with van der Waals surface area (Å²) in [5.41, 5.74) is 0.683. The van der Waals surface area contributed by atoms with Gasteiger partial charge in [-0.05, 0) is 12.0 Å². The highest BCUT2D eigenvalue weighted by atomic mass is 32.2. The van der Waals surface area contributed by atoms with Crippen LogP contribution >= 0.6 is 11.8 Å². The molecule has 1 amide bonds. The number of thioether (sulfide) groups is 1. The zero-order valence-corrected chi connectivity index (χ0v) is 14.5. The number of hydrogen-bond donors (Lipinski definition) is 3. The third-order valence-electron chi connectivity index (χ3n) is 3.64. The number of carboxylic acids is 1. The summed E-state index contributed by atoms with van der Waals surface area (Å²) in [6, 6.07) is 11.3. The number of carbonyl (C=O) groups is 2. The minimum absolute atomic E-state index is 0.169. The lowest BCUT2D eigenvalue weighted by Crippen LogP contribution is -2.33. The van der Waals surface area contributed by atoms with Gasteiger partial charge in [0.15, 0.2) is 11.1 Å². The standard InChI is InChI=1S/C17H16N4O4S/c22-12-8-13(26-7-6-11-4-2-1-3-5-11)21-16(19-10-20-21)15(12)17(25)18-9-14(23)24/h1-5,8,10H,6-7,9H2,(H,18,25)(H,19,20)(H,23,24). The van der Waals surface area contributed by atoms with Crippen molar-refractivity contribution in [2.24, 2.45) is 0 Å². The molecule has 3 N–H and O–H groups in total. The van der Waals surface area contributed by atoms with Crippen molar-refractivity contribution < 1.29 is 14.7 Å². The second kappa shape index (κ2) is 7.87. The minimum Gasteiger partial charge on any atom is -0.480 e. The van der Waals surface area contributed by atoms with Gasteiger partial charge >= 0.3 is 5.97 Å². The summed E-state index contributed by atoms with van der Waals surface area (Å²) < 4.78 is 1.55. The number of nitrogens with zero attached hydrogens (tertiary/aromatic N) is 2. The zero-order chi connectivity index (χ0) is 18.5. The van der Waals surface area contributed by atoms with Crippen LogP contribution in [-0.2, 0) is 11.2 Å². The monoisotopic (exact) mass is 372 g/mol. The van der Waals surface area contributed by atoms with E-state index in [4.69, 9.17) is 5.11 Å². The summed E-state index contributed by atoms with van der Waals surface area (Å²) in [6.07, 6.45) is 2.21. The molecule has 0 aliphatic carbocycles. The molecule has 0 saturated heterocycles. The van der Waals surface area contributed by atoms with Crippen molar-refractivity contribution in [3.8, 4) is 0 Å². The fraction of sp³-hybridized carbons (Fsp3) is 0.176. The van der Waals surface area contributed by atoms with Crippen molar-refractivity contribution >= 4 is 29.3 Å². The molecule has 0 unspecified atom stereocenters. The molecule has 26 heavy (non-hydrogen) atoms. The van der Waals surface area contributed by atoms with Crippen LogP contribution in [0.2, 0.25) is 0 Å². The molecule has 0 atom stereocenters. The number of rotatable bonds is 7. The van der Waals surface area contributed by atoms with Gasteiger partial charge in [-0.1, -0.05) is 30.3 Å². The Morgan fingerprint density at radius 1 is 1.27 bits per heavy atom. The first-order valence-electron chi connectivity index (χ1n) is 7.82. The molecule has 134 valence electrons. The molecule has 3 rings (SSSR count). The summed E-state index contributed by atoms with van der Waals surface area (Å²) >= 11 is 1.47. The number of hydrogen-bond acceptors (Lipinski definition) is 5. The Bertz CT molecular complexity index is 997. The topological polar surface area (TPSA) is 117 Å². The Morgan fingerprint density at radius 3 is 2.77 bits per heavy atom. The van der Waals surface area contributed by atoms with Gasteiger partial charge in [0.2, 0.25) is 0 Å². The van der Waals surface area contributed by atoms with Crippen molar-refractivity contribution in [1.29, 1.82) is 0 Å². The van der Waals surface area contributed by atoms with Gasteiger partial charge in [0.25, 0.3) is 5.91 Å². The van der Waals surface area contributed by atoms with Gasteiger partial charge in [-0.15, -0.1) is 11.8 Å². The van der Waals surface area contributed by atoms with Crippen LogP contribution in [0, 0.1) is 0 Å². The quantitative estimate of drug-likeness (QED) is 0.536. The first-order chi connectivity index (χ1) is 12.6. The normalized spacial score (nSPS) is 10.8. The number of carboxylic acid groups (broad SMARTS) is 1. The molecule has 8 nitrogen and oxygen atoms in total. The average molecular weight is 372 g/mol. The predicted octanol–water partition coefficient (Wildman–Crippen LogP) is 1.17. The van der Waals surface area contributed by atoms with Gasteiger partial charge in [-0.25, -0.2) is 9.50 Å². The van der Waals surface area contributed by atoms with Crippen LogP contribution in [0.15, 0.2) is 52.5 Å². The van der Waals surface area contributed by atoms with Crippen LogP contribution in [-0.4, -0.2) is 43.9 Å². The number of benzene rings is 1. The van der Waals surface area contributed by atoms with Crippen molar-refractivity contribution in [2.45, 2.75) is 11.4 Å². The van der Waals surface area contributed by atoms with E-state index in [0.717, 1.165) is 12.2 Å². The number of nitrogens with one attached hydrogen (secondary N) is 2. The molecule has 2 heterocycles. The molecular weight excluding hydrogens is 356 g/mol. The summed E-state index contributed by atoms with van der Waals surface area (Å²) in [5, 5.41) is 14.4. The maximum atomic E-state index is 12.4. The second-order valence-electron chi connectivity index (χ2n) is 5.43. The minimum atomic E-state index is -1.19. The molecule has 0 bridgehead atoms. The Labute approximate surface area is 152 Å². The molecule has 0 radical (unpaired) electrons. The second-order valence-corrected chi connectivity index (χ2v) is 6.54. The van der Waals surface area contributed by atoms with E-state index in [0.29, 0.717) is 5.03 Å². The van der Waals surface area contributed by atoms with E-state index >= 15 is 0 Å². The summed E-state index contributed by atoms with van der Waals surface area (Å²) in [5.74, 6) is -1.21. The molecule has 2 aromatic heterocycles. The van der Waals surface area contributed by atoms with Gasteiger partial charge in [0, 0.05) is 11.8 Å². The molecule has 0 aliphatic rings. The van der Waals surface area contributed by atoms with Crippen molar-refractivity contribution in [3.63, 3.8) is 0 Å². The maximum Gasteiger partial charge on any atom is 0.322 e. The number of carbonyl (C=O) groups excluding carboxylic acids is 1. The average Bonchev–Trinajstić information content (AvgIpc) is 3.10. The summed E-state index contributed by atoms with van der Waals surface area (Å²) in [4.78, 5) is 39.2. The Balaban J connectivity index is 1.81. The Kier molecular flexibility index (Phi) is 5.37. The fourth-order valence-corrected chi connectivity index (χ4v) is 3.46. The van der Waals surface area contributed by atoms with Crippen LogP contribution in [0.5, 0.6) is 0 Å². The van der Waals surface area contributed by atoms with Gasteiger partial charge in [0.05, 0.1) is 0 Å². The molecule has 0 saturated carbocycles. The van der Waals surface area contributed by atoms with Crippen LogP contribution in [0.25, 0.3) is 5.65 Å². The van der Waals surface area contributed by atoms with E-state index in [9.17, 15) is 14.4 Å². The smallest absolute Gasteiger partial charge is 0.322 e. The van der Waals surface area contributed by atoms with Gasteiger partial charge in [-0.2, -0.15) is 0 Å². The molecule has 0 aliphatic heterocycles. The highest BCUT2D eigenvalue weighted by molar-refractivity contribution is 7.99. The number of H-pyrrole nitrogens is 1. The first kappa shape index (κ1) is 17.7. The Morgan fingerprint density at radius 2 is 2.04 bits per heavy atom. The van der Waals surface area contributed by atoms with Gasteiger partial charge in [0.1, 0.15) is 23.5 Å². The highest BCUT2D eigenvalue weighted by Crippen LogP contribution is 2.19. The van der Waals surface area contributed by atoms with Gasteiger partial charge in [-0.3, -0.25) is 19.5 Å². The number of fused-ring (bicyclic) bond motifs is 1. The van der Waals surface area contributed by atoms with E-state index in [-0.39, 0.29) is 11.2 Å². The molecule has 1 aromatic carbocycles. The lowest BCUT2D eigenvalue weighted by atomic mass is 10.2. The molecular formula is C17H16N4O4S. The number of aryl methyl sites for hydroxylation is 1. The van der Waals surface area contributed by atoms with E-state index < -0.39 is 23.9 Å². The predicted molar refractivity (Wildman–Crippen MR) is 96.7 cm³/mol. The number of aromatic nitrogens is 3. The summed E-state index contributed by atoms with van der Waals surface area (Å²) in [7, 11) is 0. The molecule has 9 heteroatoms. The van der Waals surface area contributed by atoms with Crippen molar-refractivity contribution in [1.82, 2.24) is 19.9 Å².